The molecule has 1 aromatic heterocycles. The summed E-state index contributed by atoms with van der Waals surface area (Å²) in [6.07, 6.45) is 2.21. The fourth-order valence-corrected chi connectivity index (χ4v) is 2.21. The first-order chi connectivity index (χ1) is 9.91. The zero-order valence-electron chi connectivity index (χ0n) is 13.3. The number of nitrogens with two attached hydrogens (primary N) is 1. The molecule has 0 bridgehead atoms. The normalized spacial score (nSPS) is 14.7. The van der Waals surface area contributed by atoms with Gasteiger partial charge in [0.25, 0.3) is 0 Å². The zero-order chi connectivity index (χ0) is 15.5. The Labute approximate surface area is 127 Å². The summed E-state index contributed by atoms with van der Waals surface area (Å²) >= 11 is 0. The number of hydrogen-bond acceptors (Lipinski definition) is 3. The Balaban J connectivity index is 2.25. The average molecular weight is 287 g/mol. The van der Waals surface area contributed by atoms with E-state index in [4.69, 9.17) is 14.9 Å². The van der Waals surface area contributed by atoms with Crippen LogP contribution in [0.25, 0.3) is 0 Å². The molecule has 3 nitrogen and oxygen atoms in total. The largest absolute Gasteiger partial charge is 0.481 e. The van der Waals surface area contributed by atoms with Crippen LogP contribution in [-0.4, -0.2) is 6.04 Å². The molecule has 2 rings (SSSR count). The van der Waals surface area contributed by atoms with Crippen molar-refractivity contribution in [2.24, 2.45) is 5.73 Å². The molecule has 114 valence electrons. The van der Waals surface area contributed by atoms with E-state index in [1.54, 1.807) is 6.26 Å². The predicted octanol–water partition coefficient (Wildman–Crippen LogP) is 4.43. The van der Waals surface area contributed by atoms with E-state index in [-0.39, 0.29) is 17.6 Å². The molecule has 0 aliphatic carbocycles. The number of benzene rings is 1. The highest BCUT2D eigenvalue weighted by Crippen LogP contribution is 2.30. The molecule has 2 aromatic rings. The van der Waals surface area contributed by atoms with Crippen LogP contribution in [0.1, 0.15) is 51.5 Å². The van der Waals surface area contributed by atoms with Gasteiger partial charge in [-0.1, -0.05) is 39.8 Å². The first-order valence-corrected chi connectivity index (χ1v) is 7.48. The average Bonchev–Trinajstić information content (AvgIpc) is 2.97. The standard InChI is InChI=1S/C18H25NO2/c1-5-15(19)17(16-10-7-11-20-16)21-14-9-6-8-13(12-14)18(2,3)4/h6-12,15,17H,5,19H2,1-4H3. The zero-order valence-corrected chi connectivity index (χ0v) is 13.3. The van der Waals surface area contributed by atoms with Crippen molar-refractivity contribution in [2.75, 3.05) is 0 Å². The van der Waals surface area contributed by atoms with E-state index in [1.807, 2.05) is 24.3 Å². The summed E-state index contributed by atoms with van der Waals surface area (Å²) in [7, 11) is 0. The molecule has 0 spiro atoms. The minimum Gasteiger partial charge on any atom is -0.481 e. The lowest BCUT2D eigenvalue weighted by Crippen LogP contribution is -2.31. The molecule has 2 atom stereocenters. The van der Waals surface area contributed by atoms with Crippen molar-refractivity contribution in [3.8, 4) is 5.75 Å². The Morgan fingerprint density at radius 1 is 1.19 bits per heavy atom. The van der Waals surface area contributed by atoms with E-state index in [1.165, 1.54) is 5.56 Å². The van der Waals surface area contributed by atoms with Gasteiger partial charge < -0.3 is 14.9 Å². The van der Waals surface area contributed by atoms with Gasteiger partial charge >= 0.3 is 0 Å². The predicted molar refractivity (Wildman–Crippen MR) is 85.5 cm³/mol. The van der Waals surface area contributed by atoms with E-state index in [2.05, 4.69) is 39.8 Å². The van der Waals surface area contributed by atoms with Crippen molar-refractivity contribution in [3.63, 3.8) is 0 Å². The van der Waals surface area contributed by atoms with Crippen LogP contribution in [0.4, 0.5) is 0 Å². The van der Waals surface area contributed by atoms with E-state index < -0.39 is 0 Å². The van der Waals surface area contributed by atoms with Gasteiger partial charge in [0.1, 0.15) is 11.5 Å². The highest BCUT2D eigenvalue weighted by atomic mass is 16.5. The molecule has 0 saturated carbocycles. The molecule has 0 radical (unpaired) electrons. The number of furan rings is 1. The van der Waals surface area contributed by atoms with Gasteiger partial charge in [-0.15, -0.1) is 0 Å². The minimum atomic E-state index is -0.264. The van der Waals surface area contributed by atoms with Crippen LogP contribution < -0.4 is 10.5 Å². The van der Waals surface area contributed by atoms with Crippen molar-refractivity contribution < 1.29 is 9.15 Å². The SMILES string of the molecule is CCC(N)C(Oc1cccc(C(C)(C)C)c1)c1ccco1. The fourth-order valence-electron chi connectivity index (χ4n) is 2.21. The summed E-state index contributed by atoms with van der Waals surface area (Å²) in [4.78, 5) is 0. The lowest BCUT2D eigenvalue weighted by molar-refractivity contribution is 0.144. The number of rotatable bonds is 5. The second-order valence-corrected chi connectivity index (χ2v) is 6.40. The van der Waals surface area contributed by atoms with Crippen LogP contribution in [0.3, 0.4) is 0 Å². The van der Waals surface area contributed by atoms with Crippen molar-refractivity contribution in [2.45, 2.75) is 51.7 Å². The summed E-state index contributed by atoms with van der Waals surface area (Å²) in [6.45, 7) is 8.62. The van der Waals surface area contributed by atoms with Gasteiger partial charge in [0.15, 0.2) is 6.10 Å². The topological polar surface area (TPSA) is 48.4 Å². The van der Waals surface area contributed by atoms with Gasteiger partial charge in [-0.05, 0) is 41.7 Å². The third-order valence-electron chi connectivity index (χ3n) is 3.65. The minimum absolute atomic E-state index is 0.0897. The quantitative estimate of drug-likeness (QED) is 0.884. The maximum atomic E-state index is 6.20. The number of ether oxygens (including phenoxy) is 1. The summed E-state index contributed by atoms with van der Waals surface area (Å²) in [5, 5.41) is 0. The van der Waals surface area contributed by atoms with Crippen molar-refractivity contribution in [3.05, 3.63) is 54.0 Å². The molecule has 0 aliphatic heterocycles. The highest BCUT2D eigenvalue weighted by molar-refractivity contribution is 5.33. The monoisotopic (exact) mass is 287 g/mol. The molecule has 2 N–H and O–H groups in total. The summed E-state index contributed by atoms with van der Waals surface area (Å²) in [6, 6.07) is 11.9. The van der Waals surface area contributed by atoms with Crippen LogP contribution in [0, 0.1) is 0 Å². The van der Waals surface area contributed by atoms with E-state index >= 15 is 0 Å². The van der Waals surface area contributed by atoms with Gasteiger partial charge in [-0.2, -0.15) is 0 Å². The molecule has 21 heavy (non-hydrogen) atoms. The van der Waals surface area contributed by atoms with Crippen molar-refractivity contribution in [1.82, 2.24) is 0 Å². The van der Waals surface area contributed by atoms with Gasteiger partial charge in [-0.3, -0.25) is 0 Å². The Morgan fingerprint density at radius 2 is 1.95 bits per heavy atom. The lowest BCUT2D eigenvalue weighted by atomic mass is 9.87. The van der Waals surface area contributed by atoms with Crippen LogP contribution in [-0.2, 0) is 5.41 Å². The molecule has 2 unspecified atom stereocenters. The lowest BCUT2D eigenvalue weighted by Gasteiger charge is -2.24. The van der Waals surface area contributed by atoms with Crippen molar-refractivity contribution >= 4 is 0 Å². The van der Waals surface area contributed by atoms with E-state index in [9.17, 15) is 0 Å². The Kier molecular flexibility index (Phi) is 4.73. The first kappa shape index (κ1) is 15.6. The smallest absolute Gasteiger partial charge is 0.171 e. The van der Waals surface area contributed by atoms with Gasteiger partial charge in [0.2, 0.25) is 0 Å². The second-order valence-electron chi connectivity index (χ2n) is 6.40. The Morgan fingerprint density at radius 3 is 2.52 bits per heavy atom. The first-order valence-electron chi connectivity index (χ1n) is 7.48. The van der Waals surface area contributed by atoms with E-state index in [0.717, 1.165) is 17.9 Å². The van der Waals surface area contributed by atoms with E-state index in [0.29, 0.717) is 0 Å². The van der Waals surface area contributed by atoms with Crippen LogP contribution in [0.2, 0.25) is 0 Å². The van der Waals surface area contributed by atoms with Crippen LogP contribution in [0.5, 0.6) is 5.75 Å². The van der Waals surface area contributed by atoms with Crippen molar-refractivity contribution in [1.29, 1.82) is 0 Å². The summed E-state index contributed by atoms with van der Waals surface area (Å²) in [5.74, 6) is 1.60. The molecule has 0 saturated heterocycles. The second kappa shape index (κ2) is 6.35. The van der Waals surface area contributed by atoms with Gasteiger partial charge in [0, 0.05) is 6.04 Å². The van der Waals surface area contributed by atoms with Gasteiger partial charge in [0.05, 0.1) is 6.26 Å². The molecular formula is C18H25NO2. The molecule has 0 amide bonds. The third kappa shape index (κ3) is 3.88. The number of hydrogen-bond donors (Lipinski definition) is 1. The molecule has 0 aliphatic rings. The molecular weight excluding hydrogens is 262 g/mol. The van der Waals surface area contributed by atoms with Gasteiger partial charge in [-0.25, -0.2) is 0 Å². The Hall–Kier alpha value is -1.74. The maximum Gasteiger partial charge on any atom is 0.171 e. The highest BCUT2D eigenvalue weighted by Gasteiger charge is 2.24. The summed E-state index contributed by atoms with van der Waals surface area (Å²) < 4.78 is 11.6. The Bertz CT molecular complexity index is 555. The molecule has 0 fully saturated rings. The molecule has 3 heteroatoms. The summed E-state index contributed by atoms with van der Waals surface area (Å²) in [5.41, 5.74) is 7.52. The molecule has 1 aromatic carbocycles. The van der Waals surface area contributed by atoms with Crippen LogP contribution in [0.15, 0.2) is 47.1 Å². The third-order valence-corrected chi connectivity index (χ3v) is 3.65. The fraction of sp³-hybridized carbons (Fsp3) is 0.444. The maximum absolute atomic E-state index is 6.20. The molecule has 1 heterocycles. The van der Waals surface area contributed by atoms with Crippen LogP contribution >= 0.6 is 0 Å².